The van der Waals surface area contributed by atoms with Gasteiger partial charge in [-0.05, 0) is 148 Å². The van der Waals surface area contributed by atoms with Gasteiger partial charge in [-0.15, -0.1) is 0 Å². The Morgan fingerprint density at radius 3 is 0.817 bits per heavy atom. The third-order valence-corrected chi connectivity index (χ3v) is 13.1. The second-order valence-corrected chi connectivity index (χ2v) is 20.9. The molecule has 0 N–H and O–H groups in total. The largest absolute Gasteiger partial charge is 0.462 e. The van der Waals surface area contributed by atoms with Crippen LogP contribution in [0.5, 0.6) is 0 Å². The lowest BCUT2D eigenvalue weighted by atomic mass is 10.1. The van der Waals surface area contributed by atoms with Crippen LogP contribution in [0.15, 0.2) is 182 Å². The van der Waals surface area contributed by atoms with Gasteiger partial charge in [-0.25, -0.2) is 0 Å². The van der Waals surface area contributed by atoms with Gasteiger partial charge in [0.25, 0.3) is 0 Å². The van der Waals surface area contributed by atoms with Crippen LogP contribution < -0.4 is 0 Å². The second-order valence-electron chi connectivity index (χ2n) is 20.9. The molecule has 458 valence electrons. The van der Waals surface area contributed by atoms with Gasteiger partial charge in [0, 0.05) is 19.3 Å². The minimum Gasteiger partial charge on any atom is -0.462 e. The van der Waals surface area contributed by atoms with Gasteiger partial charge in [0.2, 0.25) is 0 Å². The van der Waals surface area contributed by atoms with Crippen molar-refractivity contribution in [1.82, 2.24) is 0 Å². The molecule has 0 fully saturated rings. The van der Waals surface area contributed by atoms with E-state index in [2.05, 4.69) is 191 Å². The average Bonchev–Trinajstić information content (AvgIpc) is 3.47. The third-order valence-electron chi connectivity index (χ3n) is 13.1. The zero-order valence-corrected chi connectivity index (χ0v) is 52.4. The quantitative estimate of drug-likeness (QED) is 0.0261. The van der Waals surface area contributed by atoms with E-state index in [1.165, 1.54) is 51.4 Å². The Morgan fingerprint density at radius 1 is 0.256 bits per heavy atom. The molecule has 6 nitrogen and oxygen atoms in total. The highest BCUT2D eigenvalue weighted by molar-refractivity contribution is 5.71. The van der Waals surface area contributed by atoms with Crippen LogP contribution in [0.4, 0.5) is 0 Å². The molecule has 0 bridgehead atoms. The lowest BCUT2D eigenvalue weighted by Gasteiger charge is -2.18. The predicted molar refractivity (Wildman–Crippen MR) is 357 cm³/mol. The Labute approximate surface area is 504 Å². The smallest absolute Gasteiger partial charge is 0.306 e. The van der Waals surface area contributed by atoms with E-state index in [4.69, 9.17) is 14.2 Å². The maximum absolute atomic E-state index is 12.9. The number of unbranched alkanes of at least 4 members (excludes halogenated alkanes) is 16. The van der Waals surface area contributed by atoms with Crippen LogP contribution in [0, 0.1) is 0 Å². The fourth-order valence-corrected chi connectivity index (χ4v) is 8.30. The van der Waals surface area contributed by atoms with E-state index in [1.54, 1.807) is 0 Å². The Hall–Kier alpha value is -5.49. The number of hydrogen-bond acceptors (Lipinski definition) is 6. The van der Waals surface area contributed by atoms with Crippen molar-refractivity contribution >= 4 is 17.9 Å². The first kappa shape index (κ1) is 76.5. The molecule has 0 aliphatic carbocycles. The highest BCUT2D eigenvalue weighted by Crippen LogP contribution is 2.14. The molecule has 0 aliphatic heterocycles. The van der Waals surface area contributed by atoms with Crippen LogP contribution in [0.1, 0.15) is 258 Å². The Kier molecular flexibility index (Phi) is 63.5. The first-order chi connectivity index (χ1) is 40.5. The average molecular weight is 1130 g/mol. The van der Waals surface area contributed by atoms with Gasteiger partial charge >= 0.3 is 17.9 Å². The zero-order chi connectivity index (χ0) is 59.2. The van der Waals surface area contributed by atoms with Gasteiger partial charge in [-0.3, -0.25) is 14.4 Å². The van der Waals surface area contributed by atoms with E-state index in [0.29, 0.717) is 19.3 Å². The van der Waals surface area contributed by atoms with Crippen LogP contribution in [0.25, 0.3) is 0 Å². The highest BCUT2D eigenvalue weighted by Gasteiger charge is 2.19. The lowest BCUT2D eigenvalue weighted by molar-refractivity contribution is -0.166. The molecular weight excluding hydrogens is 1010 g/mol. The Bertz CT molecular complexity index is 1920. The summed E-state index contributed by atoms with van der Waals surface area (Å²) in [6.07, 6.45) is 102. The molecule has 6 heteroatoms. The molecule has 0 saturated heterocycles. The molecule has 0 radical (unpaired) electrons. The summed E-state index contributed by atoms with van der Waals surface area (Å²) in [5.74, 6) is -1.04. The van der Waals surface area contributed by atoms with Crippen LogP contribution in [-0.2, 0) is 28.6 Å². The SMILES string of the molecule is CC/C=C\C/C=C\C/C=C\C/C=C\C/C=C\C/C=C\C/C=C\C/C=C\C/C=C\CCCCCCCC(=O)OCC(COC(=O)CC/C=C\C/C=C\C/C=C\C/C=C\CC)OC(=O)CCCCCCCCC/C=C\C/C=C\CCCCCC. The van der Waals surface area contributed by atoms with E-state index < -0.39 is 6.10 Å². The van der Waals surface area contributed by atoms with Crippen LogP contribution in [0.2, 0.25) is 0 Å². The third kappa shape index (κ3) is 65.3. The van der Waals surface area contributed by atoms with Gasteiger partial charge in [0.05, 0.1) is 0 Å². The van der Waals surface area contributed by atoms with Gasteiger partial charge in [-0.2, -0.15) is 0 Å². The number of hydrogen-bond donors (Lipinski definition) is 0. The number of ether oxygens (including phenoxy) is 3. The number of allylic oxidation sites excluding steroid dienone is 30. The zero-order valence-electron chi connectivity index (χ0n) is 52.4. The molecular formula is C76H118O6. The number of rotatable bonds is 57. The van der Waals surface area contributed by atoms with Gasteiger partial charge in [0.1, 0.15) is 13.2 Å². The Balaban J connectivity index is 4.41. The van der Waals surface area contributed by atoms with Crippen LogP contribution in [0.3, 0.4) is 0 Å². The van der Waals surface area contributed by atoms with Gasteiger partial charge in [0.15, 0.2) is 6.10 Å². The summed E-state index contributed by atoms with van der Waals surface area (Å²) in [4.78, 5) is 38.3. The van der Waals surface area contributed by atoms with E-state index >= 15 is 0 Å². The highest BCUT2D eigenvalue weighted by atomic mass is 16.6. The van der Waals surface area contributed by atoms with Crippen molar-refractivity contribution in [2.24, 2.45) is 0 Å². The number of carbonyl (C=O) groups excluding carboxylic acids is 3. The first-order valence-corrected chi connectivity index (χ1v) is 32.8. The van der Waals surface area contributed by atoms with Crippen molar-refractivity contribution in [3.05, 3.63) is 182 Å². The monoisotopic (exact) mass is 1130 g/mol. The summed E-state index contributed by atoms with van der Waals surface area (Å²) in [6.45, 7) is 6.30. The second kappa shape index (κ2) is 68.0. The van der Waals surface area contributed by atoms with E-state index in [9.17, 15) is 14.4 Å². The minimum absolute atomic E-state index is 0.122. The summed E-state index contributed by atoms with van der Waals surface area (Å²) < 4.78 is 16.8. The van der Waals surface area contributed by atoms with Crippen molar-refractivity contribution in [3.63, 3.8) is 0 Å². The standard InChI is InChI=1S/C76H118O6/c1-4-7-10-13-16-19-22-25-27-29-31-32-33-34-35-36-37-38-39-40-41-42-43-44-45-47-48-51-54-57-60-63-66-69-75(78)81-72-73(71-80-74(77)68-65-62-59-56-53-50-24-21-18-15-12-9-6-3)82-76(79)70-67-64-61-58-55-52-49-46-30-28-26-23-20-17-14-11-8-5-2/h7,9-10,12,16,18-21,23,25,27-28,30-32,34-35,37-38,40-41,43-44,47-48,50,53,59,62,73H,4-6,8,11,13-15,17,22,24,26,29,33,36,39,42,45-46,49,51-52,54-58,60-61,63-72H2,1-3H3/b10-7-,12-9-,19-16-,21-18-,23-20-,27-25-,30-28-,32-31-,35-34-,38-37-,41-40-,44-43-,48-47-,53-50-,62-59-. The summed E-state index contributed by atoms with van der Waals surface area (Å²) in [7, 11) is 0. The molecule has 82 heavy (non-hydrogen) atoms. The Morgan fingerprint density at radius 2 is 0.500 bits per heavy atom. The number of esters is 3. The van der Waals surface area contributed by atoms with Gasteiger partial charge < -0.3 is 14.2 Å². The lowest BCUT2D eigenvalue weighted by Crippen LogP contribution is -2.30. The van der Waals surface area contributed by atoms with Crippen molar-refractivity contribution < 1.29 is 28.6 Å². The molecule has 0 aromatic rings. The van der Waals surface area contributed by atoms with Crippen LogP contribution in [-0.4, -0.2) is 37.2 Å². The maximum Gasteiger partial charge on any atom is 0.306 e. The predicted octanol–water partition coefficient (Wildman–Crippen LogP) is 22.8. The van der Waals surface area contributed by atoms with E-state index in [0.717, 1.165) is 161 Å². The molecule has 1 atom stereocenters. The molecule has 0 saturated carbocycles. The van der Waals surface area contributed by atoms with Gasteiger partial charge in [-0.1, -0.05) is 274 Å². The number of carbonyl (C=O) groups is 3. The maximum atomic E-state index is 12.9. The molecule has 0 rings (SSSR count). The summed E-state index contributed by atoms with van der Waals surface area (Å²) >= 11 is 0. The van der Waals surface area contributed by atoms with Crippen LogP contribution >= 0.6 is 0 Å². The first-order valence-electron chi connectivity index (χ1n) is 32.8. The molecule has 0 spiro atoms. The molecule has 0 aliphatic rings. The summed E-state index contributed by atoms with van der Waals surface area (Å²) in [5.41, 5.74) is 0. The van der Waals surface area contributed by atoms with E-state index in [1.807, 2.05) is 12.2 Å². The minimum atomic E-state index is -0.830. The molecule has 0 amide bonds. The molecule has 1 unspecified atom stereocenters. The summed E-state index contributed by atoms with van der Waals surface area (Å²) in [5, 5.41) is 0. The molecule has 0 aromatic heterocycles. The van der Waals surface area contributed by atoms with E-state index in [-0.39, 0.29) is 37.5 Å². The van der Waals surface area contributed by atoms with Crippen molar-refractivity contribution in [2.45, 2.75) is 264 Å². The van der Waals surface area contributed by atoms with Crippen molar-refractivity contribution in [1.29, 1.82) is 0 Å². The fourth-order valence-electron chi connectivity index (χ4n) is 8.30. The molecule has 0 aromatic carbocycles. The normalized spacial score (nSPS) is 13.4. The van der Waals surface area contributed by atoms with Crippen molar-refractivity contribution in [2.75, 3.05) is 13.2 Å². The summed E-state index contributed by atoms with van der Waals surface area (Å²) in [6, 6.07) is 0. The molecule has 0 heterocycles. The topological polar surface area (TPSA) is 78.9 Å². The fraction of sp³-hybridized carbons (Fsp3) is 0.566. The van der Waals surface area contributed by atoms with Crippen molar-refractivity contribution in [3.8, 4) is 0 Å².